The molecule has 0 radical (unpaired) electrons. The van der Waals surface area contributed by atoms with Gasteiger partial charge in [0.25, 0.3) is 5.91 Å². The molecule has 0 bridgehead atoms. The second-order valence-corrected chi connectivity index (χ2v) is 3.62. The Kier molecular flexibility index (Phi) is 4.26. The summed E-state index contributed by atoms with van der Waals surface area (Å²) in [5.74, 6) is 4.87. The molecule has 3 N–H and O–H groups in total. The number of aliphatic hydroxyl groups is 1. The molecule has 0 saturated heterocycles. The van der Waals surface area contributed by atoms with Gasteiger partial charge in [-0.15, -0.1) is 0 Å². The summed E-state index contributed by atoms with van der Waals surface area (Å²) in [5.41, 5.74) is 1.52. The molecule has 0 aliphatic rings. The number of amides is 1. The normalized spacial score (nSPS) is 9.53. The van der Waals surface area contributed by atoms with Crippen molar-refractivity contribution < 1.29 is 9.90 Å². The quantitative estimate of drug-likeness (QED) is 0.678. The summed E-state index contributed by atoms with van der Waals surface area (Å²) < 4.78 is 0. The first-order valence-corrected chi connectivity index (χ1v) is 5.61. The SMILES string of the molecule is O=C(NCc1cnc[nH]1)c1ncccc1C#CCO. The molecule has 0 aromatic carbocycles. The fourth-order valence-corrected chi connectivity index (χ4v) is 1.46. The number of aliphatic hydroxyl groups excluding tert-OH is 1. The van der Waals surface area contributed by atoms with Gasteiger partial charge in [0.15, 0.2) is 0 Å². The number of hydrogen-bond acceptors (Lipinski definition) is 4. The van der Waals surface area contributed by atoms with E-state index in [2.05, 4.69) is 32.1 Å². The second kappa shape index (κ2) is 6.33. The molecule has 2 rings (SSSR count). The van der Waals surface area contributed by atoms with E-state index >= 15 is 0 Å². The van der Waals surface area contributed by atoms with Gasteiger partial charge in [0.05, 0.1) is 24.1 Å². The van der Waals surface area contributed by atoms with E-state index in [1.54, 1.807) is 24.7 Å². The van der Waals surface area contributed by atoms with Crippen molar-refractivity contribution in [3.63, 3.8) is 0 Å². The summed E-state index contributed by atoms with van der Waals surface area (Å²) in [6.07, 6.45) is 4.70. The van der Waals surface area contributed by atoms with Crippen LogP contribution in [-0.2, 0) is 6.54 Å². The Morgan fingerprint density at radius 2 is 2.42 bits per heavy atom. The minimum Gasteiger partial charge on any atom is -0.384 e. The number of nitrogens with one attached hydrogen (secondary N) is 2. The zero-order valence-electron chi connectivity index (χ0n) is 10.1. The van der Waals surface area contributed by atoms with Crippen LogP contribution < -0.4 is 5.32 Å². The van der Waals surface area contributed by atoms with Crippen LogP contribution >= 0.6 is 0 Å². The molecule has 2 aromatic heterocycles. The van der Waals surface area contributed by atoms with Crippen LogP contribution in [0.5, 0.6) is 0 Å². The van der Waals surface area contributed by atoms with E-state index in [1.165, 1.54) is 6.20 Å². The van der Waals surface area contributed by atoms with E-state index in [9.17, 15) is 4.79 Å². The van der Waals surface area contributed by atoms with Crippen LogP contribution in [0.4, 0.5) is 0 Å². The Morgan fingerprint density at radius 3 is 3.16 bits per heavy atom. The van der Waals surface area contributed by atoms with Crippen LogP contribution in [0.25, 0.3) is 0 Å². The average Bonchev–Trinajstić information content (AvgIpc) is 2.96. The zero-order chi connectivity index (χ0) is 13.5. The minimum absolute atomic E-state index is 0.239. The van der Waals surface area contributed by atoms with Gasteiger partial charge in [-0.05, 0) is 12.1 Å². The second-order valence-electron chi connectivity index (χ2n) is 3.62. The standard InChI is InChI=1S/C13H12N4O2/c18-6-2-4-10-3-1-5-15-12(10)13(19)16-8-11-7-14-9-17-11/h1,3,5,7,9,18H,6,8H2,(H,14,17)(H,16,19). The topological polar surface area (TPSA) is 90.9 Å². The molecule has 0 unspecified atom stereocenters. The molecule has 0 aliphatic heterocycles. The third-order valence-electron chi connectivity index (χ3n) is 2.32. The number of H-pyrrole nitrogens is 1. The Morgan fingerprint density at radius 1 is 1.53 bits per heavy atom. The van der Waals surface area contributed by atoms with E-state index in [1.807, 2.05) is 0 Å². The summed E-state index contributed by atoms with van der Waals surface area (Å²) in [5, 5.41) is 11.4. The van der Waals surface area contributed by atoms with Crippen LogP contribution in [0, 0.1) is 11.8 Å². The van der Waals surface area contributed by atoms with Crippen molar-refractivity contribution in [2.75, 3.05) is 6.61 Å². The van der Waals surface area contributed by atoms with Crippen molar-refractivity contribution in [1.29, 1.82) is 0 Å². The first kappa shape index (κ1) is 12.8. The van der Waals surface area contributed by atoms with Crippen LogP contribution in [0.15, 0.2) is 30.9 Å². The molecule has 96 valence electrons. The number of imidazole rings is 1. The van der Waals surface area contributed by atoms with Gasteiger partial charge in [-0.25, -0.2) is 9.97 Å². The van der Waals surface area contributed by atoms with Crippen molar-refractivity contribution in [2.24, 2.45) is 0 Å². The lowest BCUT2D eigenvalue weighted by molar-refractivity contribution is 0.0945. The third-order valence-corrected chi connectivity index (χ3v) is 2.32. The highest BCUT2D eigenvalue weighted by Crippen LogP contribution is 2.04. The molecule has 0 aliphatic carbocycles. The predicted octanol–water partition coefficient (Wildman–Crippen LogP) is 0.0785. The van der Waals surface area contributed by atoms with Crippen LogP contribution in [0.2, 0.25) is 0 Å². The maximum atomic E-state index is 12.0. The van der Waals surface area contributed by atoms with Crippen molar-refractivity contribution in [2.45, 2.75) is 6.54 Å². The molecular weight excluding hydrogens is 244 g/mol. The lowest BCUT2D eigenvalue weighted by atomic mass is 10.2. The number of carbonyl (C=O) groups is 1. The van der Waals surface area contributed by atoms with E-state index < -0.39 is 0 Å². The maximum absolute atomic E-state index is 12.0. The Bertz CT molecular complexity index is 611. The lowest BCUT2D eigenvalue weighted by Gasteiger charge is -2.04. The molecule has 2 aromatic rings. The van der Waals surface area contributed by atoms with Crippen molar-refractivity contribution in [3.05, 3.63) is 47.8 Å². The first-order valence-electron chi connectivity index (χ1n) is 5.61. The summed E-state index contributed by atoms with van der Waals surface area (Å²) in [6.45, 7) is 0.0758. The molecule has 2 heterocycles. The lowest BCUT2D eigenvalue weighted by Crippen LogP contribution is -2.24. The summed E-state index contributed by atoms with van der Waals surface area (Å²) in [7, 11) is 0. The van der Waals surface area contributed by atoms with Crippen molar-refractivity contribution in [3.8, 4) is 11.8 Å². The Labute approximate surface area is 109 Å². The monoisotopic (exact) mass is 256 g/mol. The fourth-order valence-electron chi connectivity index (χ4n) is 1.46. The smallest absolute Gasteiger partial charge is 0.271 e. The van der Waals surface area contributed by atoms with Crippen molar-refractivity contribution in [1.82, 2.24) is 20.3 Å². The molecular formula is C13H12N4O2. The van der Waals surface area contributed by atoms with Gasteiger partial charge in [0, 0.05) is 12.4 Å². The largest absolute Gasteiger partial charge is 0.384 e. The number of hydrogen-bond donors (Lipinski definition) is 3. The number of pyridine rings is 1. The van der Waals surface area contributed by atoms with Crippen LogP contribution in [0.3, 0.4) is 0 Å². The van der Waals surface area contributed by atoms with Gasteiger partial charge in [-0.1, -0.05) is 11.8 Å². The molecule has 0 spiro atoms. The number of aromatic amines is 1. The number of aromatic nitrogens is 3. The van der Waals surface area contributed by atoms with Gasteiger partial charge in [0.2, 0.25) is 0 Å². The van der Waals surface area contributed by atoms with Crippen LogP contribution in [-0.4, -0.2) is 32.6 Å². The number of rotatable bonds is 3. The van der Waals surface area contributed by atoms with E-state index in [0.717, 1.165) is 5.69 Å². The third kappa shape index (κ3) is 3.40. The molecule has 0 atom stereocenters. The highest BCUT2D eigenvalue weighted by atomic mass is 16.2. The van der Waals surface area contributed by atoms with E-state index in [0.29, 0.717) is 12.1 Å². The zero-order valence-corrected chi connectivity index (χ0v) is 10.1. The highest BCUT2D eigenvalue weighted by molar-refractivity contribution is 5.94. The van der Waals surface area contributed by atoms with Crippen LogP contribution in [0.1, 0.15) is 21.7 Å². The summed E-state index contributed by atoms with van der Waals surface area (Å²) in [6, 6.07) is 3.37. The summed E-state index contributed by atoms with van der Waals surface area (Å²) >= 11 is 0. The predicted molar refractivity (Wildman–Crippen MR) is 68.0 cm³/mol. The molecule has 6 heteroatoms. The average molecular weight is 256 g/mol. The molecule has 0 fully saturated rings. The molecule has 6 nitrogen and oxygen atoms in total. The van der Waals surface area contributed by atoms with E-state index in [4.69, 9.17) is 5.11 Å². The number of carbonyl (C=O) groups excluding carboxylic acids is 1. The van der Waals surface area contributed by atoms with Gasteiger partial charge in [-0.2, -0.15) is 0 Å². The minimum atomic E-state index is -0.322. The van der Waals surface area contributed by atoms with Gasteiger partial charge >= 0.3 is 0 Å². The Hall–Kier alpha value is -2.65. The van der Waals surface area contributed by atoms with Gasteiger partial charge in [-0.3, -0.25) is 4.79 Å². The Balaban J connectivity index is 2.10. The van der Waals surface area contributed by atoms with E-state index in [-0.39, 0.29) is 18.2 Å². The number of nitrogens with zero attached hydrogens (tertiary/aromatic N) is 2. The first-order chi connectivity index (χ1) is 9.31. The van der Waals surface area contributed by atoms with Gasteiger partial charge in [0.1, 0.15) is 12.3 Å². The highest BCUT2D eigenvalue weighted by Gasteiger charge is 2.11. The summed E-state index contributed by atoms with van der Waals surface area (Å²) in [4.78, 5) is 22.7. The molecule has 19 heavy (non-hydrogen) atoms. The van der Waals surface area contributed by atoms with Gasteiger partial charge < -0.3 is 15.4 Å². The molecule has 0 saturated carbocycles. The van der Waals surface area contributed by atoms with Crippen molar-refractivity contribution >= 4 is 5.91 Å². The maximum Gasteiger partial charge on any atom is 0.271 e. The molecule has 1 amide bonds. The fraction of sp³-hybridized carbons (Fsp3) is 0.154.